The summed E-state index contributed by atoms with van der Waals surface area (Å²) < 4.78 is 0. The third kappa shape index (κ3) is 3.95. The van der Waals surface area contributed by atoms with Crippen LogP contribution < -0.4 is 5.32 Å². The molecular weight excluding hydrogens is 346 g/mol. The van der Waals surface area contributed by atoms with Crippen molar-refractivity contribution in [2.24, 2.45) is 0 Å². The standard InChI is InChI=1S/C25H27NO2/c1-17(23-14-6-8-18-7-2-3-13-24(18)23)26-22-12-5-10-20(16-22)19-9-4-11-21(15-19)25(27)28/h2-4,6-9,11,13-15,17,20,22,26H,5,10,12,16H2,1H3,(H,27,28). The number of carboxylic acids is 1. The molecule has 1 fully saturated rings. The smallest absolute Gasteiger partial charge is 0.335 e. The minimum atomic E-state index is -0.850. The number of nitrogens with one attached hydrogen (secondary N) is 1. The largest absolute Gasteiger partial charge is 0.478 e. The Balaban J connectivity index is 1.49. The van der Waals surface area contributed by atoms with Gasteiger partial charge in [0.2, 0.25) is 0 Å². The highest BCUT2D eigenvalue weighted by Crippen LogP contribution is 2.35. The number of benzene rings is 3. The van der Waals surface area contributed by atoms with Gasteiger partial charge < -0.3 is 10.4 Å². The third-order valence-corrected chi connectivity index (χ3v) is 6.05. The lowest BCUT2D eigenvalue weighted by Crippen LogP contribution is -2.35. The quantitative estimate of drug-likeness (QED) is 0.584. The molecule has 144 valence electrons. The summed E-state index contributed by atoms with van der Waals surface area (Å²) in [5, 5.41) is 15.7. The second-order valence-corrected chi connectivity index (χ2v) is 7.95. The van der Waals surface area contributed by atoms with Crippen molar-refractivity contribution in [3.8, 4) is 0 Å². The number of hydrogen-bond donors (Lipinski definition) is 2. The van der Waals surface area contributed by atoms with Gasteiger partial charge in [0.1, 0.15) is 0 Å². The van der Waals surface area contributed by atoms with Crippen LogP contribution in [0.2, 0.25) is 0 Å². The van der Waals surface area contributed by atoms with E-state index in [4.69, 9.17) is 0 Å². The Morgan fingerprint density at radius 2 is 1.82 bits per heavy atom. The average molecular weight is 373 g/mol. The fourth-order valence-corrected chi connectivity index (χ4v) is 4.64. The van der Waals surface area contributed by atoms with Gasteiger partial charge in [-0.1, -0.05) is 61.0 Å². The van der Waals surface area contributed by atoms with E-state index in [1.54, 1.807) is 6.07 Å². The van der Waals surface area contributed by atoms with Gasteiger partial charge in [0.25, 0.3) is 0 Å². The van der Waals surface area contributed by atoms with Crippen molar-refractivity contribution in [3.63, 3.8) is 0 Å². The summed E-state index contributed by atoms with van der Waals surface area (Å²) in [5.41, 5.74) is 2.88. The fraction of sp³-hybridized carbons (Fsp3) is 0.320. The summed E-state index contributed by atoms with van der Waals surface area (Å²) in [6, 6.07) is 23.3. The molecule has 0 aliphatic heterocycles. The highest BCUT2D eigenvalue weighted by Gasteiger charge is 2.25. The van der Waals surface area contributed by atoms with Crippen LogP contribution in [0.5, 0.6) is 0 Å². The second-order valence-electron chi connectivity index (χ2n) is 7.95. The van der Waals surface area contributed by atoms with E-state index in [-0.39, 0.29) is 6.04 Å². The number of carboxylic acid groups (broad SMARTS) is 1. The first kappa shape index (κ1) is 18.7. The van der Waals surface area contributed by atoms with Crippen LogP contribution in [0.4, 0.5) is 0 Å². The normalized spacial score (nSPS) is 20.8. The van der Waals surface area contributed by atoms with E-state index in [2.05, 4.69) is 60.8 Å². The molecular formula is C25H27NO2. The van der Waals surface area contributed by atoms with E-state index in [0.29, 0.717) is 17.5 Å². The molecule has 1 aliphatic rings. The third-order valence-electron chi connectivity index (χ3n) is 6.05. The number of rotatable bonds is 5. The maximum atomic E-state index is 11.3. The summed E-state index contributed by atoms with van der Waals surface area (Å²) in [4.78, 5) is 11.3. The van der Waals surface area contributed by atoms with Crippen molar-refractivity contribution < 1.29 is 9.90 Å². The number of carbonyl (C=O) groups is 1. The molecule has 0 saturated heterocycles. The first-order valence-corrected chi connectivity index (χ1v) is 10.2. The molecule has 3 atom stereocenters. The van der Waals surface area contributed by atoms with Crippen LogP contribution in [0, 0.1) is 0 Å². The van der Waals surface area contributed by atoms with E-state index in [0.717, 1.165) is 18.4 Å². The Morgan fingerprint density at radius 3 is 2.68 bits per heavy atom. The van der Waals surface area contributed by atoms with Crippen molar-refractivity contribution in [1.29, 1.82) is 0 Å². The summed E-state index contributed by atoms with van der Waals surface area (Å²) in [7, 11) is 0. The van der Waals surface area contributed by atoms with Crippen molar-refractivity contribution in [1.82, 2.24) is 5.32 Å². The molecule has 4 rings (SSSR count). The SMILES string of the molecule is CC(NC1CCCC(c2cccc(C(=O)O)c2)C1)c1cccc2ccccc12. The molecule has 0 spiro atoms. The molecule has 3 nitrogen and oxygen atoms in total. The predicted molar refractivity (Wildman–Crippen MR) is 114 cm³/mol. The Hall–Kier alpha value is -2.65. The highest BCUT2D eigenvalue weighted by atomic mass is 16.4. The lowest BCUT2D eigenvalue weighted by molar-refractivity contribution is 0.0696. The van der Waals surface area contributed by atoms with Crippen molar-refractivity contribution in [3.05, 3.63) is 83.4 Å². The monoisotopic (exact) mass is 373 g/mol. The van der Waals surface area contributed by atoms with Gasteiger partial charge in [-0.15, -0.1) is 0 Å². The molecule has 0 aromatic heterocycles. The first-order valence-electron chi connectivity index (χ1n) is 10.2. The molecule has 3 aromatic rings. The molecule has 0 amide bonds. The molecule has 3 unspecified atom stereocenters. The fourth-order valence-electron chi connectivity index (χ4n) is 4.64. The molecule has 1 aliphatic carbocycles. The highest BCUT2D eigenvalue weighted by molar-refractivity contribution is 5.87. The molecule has 0 radical (unpaired) electrons. The van der Waals surface area contributed by atoms with Crippen LogP contribution in [0.25, 0.3) is 10.8 Å². The summed E-state index contributed by atoms with van der Waals surface area (Å²) in [5.74, 6) is -0.429. The Morgan fingerprint density at radius 1 is 1.04 bits per heavy atom. The lowest BCUT2D eigenvalue weighted by atomic mass is 9.80. The first-order chi connectivity index (χ1) is 13.6. The zero-order valence-electron chi connectivity index (χ0n) is 16.3. The number of hydrogen-bond acceptors (Lipinski definition) is 2. The summed E-state index contributed by atoms with van der Waals surface area (Å²) in [6.45, 7) is 2.25. The van der Waals surface area contributed by atoms with Gasteiger partial charge in [-0.05, 0) is 66.1 Å². The number of fused-ring (bicyclic) bond motifs is 1. The molecule has 0 heterocycles. The van der Waals surface area contributed by atoms with Crippen LogP contribution in [0.1, 0.15) is 66.1 Å². The topological polar surface area (TPSA) is 49.3 Å². The van der Waals surface area contributed by atoms with Crippen LogP contribution in [-0.4, -0.2) is 17.1 Å². The van der Waals surface area contributed by atoms with Gasteiger partial charge in [0, 0.05) is 12.1 Å². The average Bonchev–Trinajstić information content (AvgIpc) is 2.73. The summed E-state index contributed by atoms with van der Waals surface area (Å²) in [6.07, 6.45) is 4.52. The van der Waals surface area contributed by atoms with Gasteiger partial charge in [-0.3, -0.25) is 0 Å². The van der Waals surface area contributed by atoms with Crippen LogP contribution >= 0.6 is 0 Å². The maximum absolute atomic E-state index is 11.3. The lowest BCUT2D eigenvalue weighted by Gasteiger charge is -2.32. The molecule has 28 heavy (non-hydrogen) atoms. The number of aromatic carboxylic acids is 1. The molecule has 1 saturated carbocycles. The minimum Gasteiger partial charge on any atom is -0.478 e. The molecule has 2 N–H and O–H groups in total. The van der Waals surface area contributed by atoms with E-state index in [1.807, 2.05) is 12.1 Å². The molecule has 3 heteroatoms. The Labute approximate surface area is 166 Å². The van der Waals surface area contributed by atoms with E-state index < -0.39 is 5.97 Å². The van der Waals surface area contributed by atoms with Gasteiger partial charge >= 0.3 is 5.97 Å². The van der Waals surface area contributed by atoms with Crippen molar-refractivity contribution >= 4 is 16.7 Å². The van der Waals surface area contributed by atoms with Crippen molar-refractivity contribution in [2.75, 3.05) is 0 Å². The zero-order valence-corrected chi connectivity index (χ0v) is 16.3. The van der Waals surface area contributed by atoms with E-state index in [9.17, 15) is 9.90 Å². The van der Waals surface area contributed by atoms with E-state index >= 15 is 0 Å². The van der Waals surface area contributed by atoms with Crippen LogP contribution in [0.15, 0.2) is 66.7 Å². The van der Waals surface area contributed by atoms with Gasteiger partial charge in [0.15, 0.2) is 0 Å². The van der Waals surface area contributed by atoms with Gasteiger partial charge in [-0.2, -0.15) is 0 Å². The predicted octanol–water partition coefficient (Wildman–Crippen LogP) is 5.92. The summed E-state index contributed by atoms with van der Waals surface area (Å²) >= 11 is 0. The van der Waals surface area contributed by atoms with Gasteiger partial charge in [-0.25, -0.2) is 4.79 Å². The Bertz CT molecular complexity index is 976. The van der Waals surface area contributed by atoms with Gasteiger partial charge in [0.05, 0.1) is 5.56 Å². The van der Waals surface area contributed by atoms with Crippen molar-refractivity contribution in [2.45, 2.75) is 50.6 Å². The Kier molecular flexibility index (Phi) is 5.45. The van der Waals surface area contributed by atoms with Crippen LogP contribution in [-0.2, 0) is 0 Å². The second kappa shape index (κ2) is 8.15. The maximum Gasteiger partial charge on any atom is 0.335 e. The van der Waals surface area contributed by atoms with E-state index in [1.165, 1.54) is 29.2 Å². The molecule has 3 aromatic carbocycles. The van der Waals surface area contributed by atoms with Crippen LogP contribution in [0.3, 0.4) is 0 Å². The minimum absolute atomic E-state index is 0.278. The molecule has 0 bridgehead atoms. The zero-order chi connectivity index (χ0) is 19.5.